The third-order valence-electron chi connectivity index (χ3n) is 4.40. The van der Waals surface area contributed by atoms with E-state index in [0.29, 0.717) is 43.3 Å². The smallest absolute Gasteiger partial charge is 0.290 e. The number of thiophene rings is 2. The van der Waals surface area contributed by atoms with Crippen molar-refractivity contribution in [1.29, 1.82) is 5.26 Å². The number of anilines is 3. The molecule has 0 bridgehead atoms. The van der Waals surface area contributed by atoms with E-state index in [2.05, 4.69) is 16.4 Å². The van der Waals surface area contributed by atoms with Crippen molar-refractivity contribution in [3.63, 3.8) is 0 Å². The van der Waals surface area contributed by atoms with E-state index in [-0.39, 0.29) is 11.7 Å². The van der Waals surface area contributed by atoms with E-state index in [1.54, 1.807) is 31.4 Å². The molecule has 0 atom stereocenters. The molecular formula is C20H16N5O2S2+. The van der Waals surface area contributed by atoms with Gasteiger partial charge in [-0.05, 0) is 35.7 Å². The third-order valence-corrected chi connectivity index (χ3v) is 6.40. The Bertz CT molecular complexity index is 1260. The second-order valence-electron chi connectivity index (χ2n) is 6.11. The van der Waals surface area contributed by atoms with E-state index < -0.39 is 0 Å². The number of nitrogen functional groups attached to an aromatic ring is 2. The molecule has 4 aromatic rings. The molecule has 0 spiro atoms. The van der Waals surface area contributed by atoms with Crippen molar-refractivity contribution in [2.45, 2.75) is 0 Å². The Morgan fingerprint density at radius 3 is 2.62 bits per heavy atom. The number of nitrogens with one attached hydrogen (secondary N) is 2. The molecule has 1 amide bonds. The van der Waals surface area contributed by atoms with Crippen molar-refractivity contribution in [2.75, 3.05) is 23.9 Å². The normalized spacial score (nSPS) is 10.6. The zero-order valence-corrected chi connectivity index (χ0v) is 16.9. The summed E-state index contributed by atoms with van der Waals surface area (Å²) < 4.78 is 5.13. The first-order chi connectivity index (χ1) is 14.0. The molecule has 0 fully saturated rings. The molecule has 3 heterocycles. The molecular weight excluding hydrogens is 406 g/mol. The van der Waals surface area contributed by atoms with Gasteiger partial charge in [-0.15, -0.1) is 11.3 Å². The van der Waals surface area contributed by atoms with Gasteiger partial charge in [0.25, 0.3) is 11.7 Å². The van der Waals surface area contributed by atoms with Crippen LogP contribution in [0.2, 0.25) is 0 Å². The van der Waals surface area contributed by atoms with Gasteiger partial charge in [0.15, 0.2) is 10.4 Å². The quantitative estimate of drug-likeness (QED) is 0.461. The Kier molecular flexibility index (Phi) is 4.80. The molecule has 0 unspecified atom stereocenters. The number of hydrogen-bond donors (Lipinski definition) is 3. The zero-order valence-electron chi connectivity index (χ0n) is 15.3. The summed E-state index contributed by atoms with van der Waals surface area (Å²) in [5, 5.41) is 15.0. The van der Waals surface area contributed by atoms with Crippen molar-refractivity contribution >= 4 is 56.0 Å². The number of pyridine rings is 1. The molecule has 9 heteroatoms. The summed E-state index contributed by atoms with van der Waals surface area (Å²) >= 11 is 2.68. The Labute approximate surface area is 174 Å². The molecule has 144 valence electrons. The largest absolute Gasteiger partial charge is 0.497 e. The lowest BCUT2D eigenvalue weighted by Gasteiger charge is -2.06. The molecule has 29 heavy (non-hydrogen) atoms. The molecule has 1 aromatic carbocycles. The highest BCUT2D eigenvalue weighted by molar-refractivity contribution is 7.21. The van der Waals surface area contributed by atoms with Crippen LogP contribution in [0.15, 0.2) is 41.8 Å². The number of hydrogen-bond acceptors (Lipinski definition) is 7. The van der Waals surface area contributed by atoms with E-state index in [1.807, 2.05) is 17.5 Å². The predicted octanol–water partition coefficient (Wildman–Crippen LogP) is 3.74. The van der Waals surface area contributed by atoms with E-state index in [1.165, 1.54) is 22.7 Å². The number of aromatic amines is 1. The Hall–Kier alpha value is -3.61. The lowest BCUT2D eigenvalue weighted by molar-refractivity contribution is -0.323. The second kappa shape index (κ2) is 7.43. The number of H-pyrrole nitrogens is 1. The molecule has 4 rings (SSSR count). The summed E-state index contributed by atoms with van der Waals surface area (Å²) in [6.07, 6.45) is 0. The number of nitriles is 1. The minimum absolute atomic E-state index is 0.242. The first kappa shape index (κ1) is 18.7. The third kappa shape index (κ3) is 3.24. The topological polar surface area (TPSA) is 128 Å². The van der Waals surface area contributed by atoms with Crippen LogP contribution in [-0.4, -0.2) is 13.0 Å². The first-order valence-corrected chi connectivity index (χ1v) is 10.2. The summed E-state index contributed by atoms with van der Waals surface area (Å²) in [6.45, 7) is 0. The second-order valence-corrected chi connectivity index (χ2v) is 8.08. The highest BCUT2D eigenvalue weighted by Crippen LogP contribution is 2.42. The maximum atomic E-state index is 12.9. The average Bonchev–Trinajstić information content (AvgIpc) is 3.36. The van der Waals surface area contributed by atoms with Crippen LogP contribution >= 0.6 is 22.7 Å². The van der Waals surface area contributed by atoms with Crippen LogP contribution in [0.1, 0.15) is 15.2 Å². The number of benzene rings is 1. The summed E-state index contributed by atoms with van der Waals surface area (Å²) in [7, 11) is 1.58. The van der Waals surface area contributed by atoms with Crippen LogP contribution in [0.3, 0.4) is 0 Å². The van der Waals surface area contributed by atoms with Gasteiger partial charge in [0.1, 0.15) is 16.7 Å². The molecule has 0 radical (unpaired) electrons. The van der Waals surface area contributed by atoms with Crippen LogP contribution in [0.5, 0.6) is 5.75 Å². The predicted molar refractivity (Wildman–Crippen MR) is 116 cm³/mol. The Balaban J connectivity index is 1.82. The molecule has 6 N–H and O–H groups in total. The van der Waals surface area contributed by atoms with E-state index in [4.69, 9.17) is 16.2 Å². The van der Waals surface area contributed by atoms with Gasteiger partial charge in [-0.25, -0.2) is 4.98 Å². The number of nitrogens with two attached hydrogens (primary N) is 2. The van der Waals surface area contributed by atoms with Gasteiger partial charge >= 0.3 is 0 Å². The van der Waals surface area contributed by atoms with Gasteiger partial charge in [-0.1, -0.05) is 17.4 Å². The Morgan fingerprint density at radius 1 is 1.24 bits per heavy atom. The van der Waals surface area contributed by atoms with Crippen LogP contribution in [0, 0.1) is 11.3 Å². The molecule has 0 saturated carbocycles. The maximum absolute atomic E-state index is 12.9. The van der Waals surface area contributed by atoms with Crippen molar-refractivity contribution in [3.8, 4) is 22.3 Å². The number of fused-ring (bicyclic) bond motifs is 1. The number of amides is 1. The molecule has 0 aliphatic heterocycles. The molecule has 3 aromatic heterocycles. The molecule has 7 nitrogen and oxygen atoms in total. The fourth-order valence-electron chi connectivity index (χ4n) is 3.04. The van der Waals surface area contributed by atoms with E-state index in [0.717, 1.165) is 4.88 Å². The maximum Gasteiger partial charge on any atom is 0.290 e. The average molecular weight is 423 g/mol. The van der Waals surface area contributed by atoms with Gasteiger partial charge in [0, 0.05) is 16.1 Å². The number of carbonyl (C=O) groups is 1. The number of methoxy groups -OCH3 is 1. The van der Waals surface area contributed by atoms with E-state index >= 15 is 0 Å². The first-order valence-electron chi connectivity index (χ1n) is 8.49. The lowest BCUT2D eigenvalue weighted by Crippen LogP contribution is -2.13. The SMILES string of the molecule is COc1ccc(NC(=O)c2sc3[nH+]c(N)c(C#N)c(-c4cccs4)c3c2N)cc1. The number of rotatable bonds is 4. The fourth-order valence-corrected chi connectivity index (χ4v) is 4.86. The summed E-state index contributed by atoms with van der Waals surface area (Å²) in [5.41, 5.74) is 14.3. The summed E-state index contributed by atoms with van der Waals surface area (Å²) in [4.78, 5) is 17.7. The van der Waals surface area contributed by atoms with Gasteiger partial charge in [0.2, 0.25) is 0 Å². The number of carbonyl (C=O) groups excluding carboxylic acids is 1. The van der Waals surface area contributed by atoms with Gasteiger partial charge < -0.3 is 15.8 Å². The van der Waals surface area contributed by atoms with Gasteiger partial charge in [-0.3, -0.25) is 10.5 Å². The van der Waals surface area contributed by atoms with Crippen molar-refractivity contribution < 1.29 is 14.5 Å². The zero-order chi connectivity index (χ0) is 20.5. The van der Waals surface area contributed by atoms with Gasteiger partial charge in [0.05, 0.1) is 18.2 Å². The van der Waals surface area contributed by atoms with Crippen molar-refractivity contribution in [3.05, 3.63) is 52.2 Å². The molecule has 0 aliphatic rings. The Morgan fingerprint density at radius 2 is 2.00 bits per heavy atom. The highest BCUT2D eigenvalue weighted by Gasteiger charge is 2.27. The van der Waals surface area contributed by atoms with Crippen molar-refractivity contribution in [2.24, 2.45) is 0 Å². The minimum Gasteiger partial charge on any atom is -0.497 e. The minimum atomic E-state index is -0.337. The number of aromatic nitrogens is 1. The monoisotopic (exact) mass is 422 g/mol. The van der Waals surface area contributed by atoms with Crippen LogP contribution in [0.4, 0.5) is 17.2 Å². The van der Waals surface area contributed by atoms with Gasteiger partial charge in [-0.2, -0.15) is 5.26 Å². The van der Waals surface area contributed by atoms with Crippen LogP contribution in [-0.2, 0) is 0 Å². The number of nitrogens with zero attached hydrogens (tertiary/aromatic N) is 1. The van der Waals surface area contributed by atoms with Crippen molar-refractivity contribution in [1.82, 2.24) is 0 Å². The van der Waals surface area contributed by atoms with Crippen LogP contribution in [0.25, 0.3) is 20.7 Å². The molecule has 0 aliphatic carbocycles. The fraction of sp³-hybridized carbons (Fsp3) is 0.0500. The standard InChI is InChI=1S/C20H15N5O2S2/c1-27-11-6-4-10(5-7-11)24-19(26)17-16(22)15-14(13-3-2-8-28-13)12(9-21)18(23)25-20(15)29-17/h2-8H,22H2,1H3,(H2,23,25)(H,24,26)/p+1. The summed E-state index contributed by atoms with van der Waals surface area (Å²) in [5.74, 6) is 0.599. The highest BCUT2D eigenvalue weighted by atomic mass is 32.1. The summed E-state index contributed by atoms with van der Waals surface area (Å²) in [6, 6.07) is 12.9. The lowest BCUT2D eigenvalue weighted by atomic mass is 10.0. The van der Waals surface area contributed by atoms with Crippen LogP contribution < -0.4 is 26.5 Å². The number of ether oxygens (including phenoxy) is 1. The molecule has 0 saturated heterocycles. The van der Waals surface area contributed by atoms with E-state index in [9.17, 15) is 10.1 Å².